The third kappa shape index (κ3) is 4.06. The van der Waals surface area contributed by atoms with E-state index in [0.717, 1.165) is 32.5 Å². The van der Waals surface area contributed by atoms with Gasteiger partial charge in [-0.25, -0.2) is 0 Å². The quantitative estimate of drug-likeness (QED) is 0.407. The van der Waals surface area contributed by atoms with Crippen molar-refractivity contribution in [2.24, 2.45) is 0 Å². The van der Waals surface area contributed by atoms with Crippen molar-refractivity contribution in [1.29, 1.82) is 0 Å². The Morgan fingerprint density at radius 2 is 1.84 bits per heavy atom. The number of aromatic nitrogens is 2. The molecule has 0 radical (unpaired) electrons. The van der Waals surface area contributed by atoms with Crippen molar-refractivity contribution in [3.05, 3.63) is 101 Å². The number of fused-ring (bicyclic) bond motifs is 3. The first-order valence-corrected chi connectivity index (χ1v) is 11.2. The van der Waals surface area contributed by atoms with E-state index in [1.807, 2.05) is 12.4 Å². The lowest BCUT2D eigenvalue weighted by atomic mass is 10.0. The number of nitrogens with zero attached hydrogens (tertiary/aromatic N) is 3. The molecule has 2 aromatic carbocycles. The second kappa shape index (κ2) is 8.52. The Morgan fingerprint density at radius 3 is 2.65 bits per heavy atom. The summed E-state index contributed by atoms with van der Waals surface area (Å²) in [6, 6.07) is 21.9. The molecule has 3 heteroatoms. The van der Waals surface area contributed by atoms with E-state index in [4.69, 9.17) is 0 Å². The summed E-state index contributed by atoms with van der Waals surface area (Å²) in [5.74, 6) is 0. The van der Waals surface area contributed by atoms with E-state index in [1.165, 1.54) is 44.4 Å². The van der Waals surface area contributed by atoms with Gasteiger partial charge in [-0.3, -0.25) is 9.88 Å². The number of pyridine rings is 1. The molecule has 3 heterocycles. The molecule has 0 amide bonds. The number of aryl methyl sites for hydroxylation is 1. The monoisotopic (exact) mass is 407 g/mol. The number of allylic oxidation sites excluding steroid dienone is 1. The van der Waals surface area contributed by atoms with Crippen LogP contribution in [0.1, 0.15) is 34.9 Å². The highest BCUT2D eigenvalue weighted by Crippen LogP contribution is 2.33. The minimum absolute atomic E-state index is 1.03. The second-order valence-corrected chi connectivity index (χ2v) is 8.63. The molecule has 0 spiro atoms. The Balaban J connectivity index is 1.49. The zero-order valence-electron chi connectivity index (χ0n) is 18.4. The fraction of sp³-hybridized carbons (Fsp3) is 0.250. The molecular formula is C28H29N3. The van der Waals surface area contributed by atoms with E-state index < -0.39 is 0 Å². The SMILES string of the molecule is C/C(=C\n1c2c(c3cc(C)ccc31)CN(CCc1ccccc1)CC2)c1ccncc1. The van der Waals surface area contributed by atoms with Gasteiger partial charge >= 0.3 is 0 Å². The number of rotatable bonds is 5. The van der Waals surface area contributed by atoms with Crippen LogP contribution in [0.25, 0.3) is 22.7 Å². The molecule has 0 aliphatic carbocycles. The van der Waals surface area contributed by atoms with E-state index in [1.54, 1.807) is 0 Å². The van der Waals surface area contributed by atoms with Gasteiger partial charge in [-0.1, -0.05) is 42.0 Å². The van der Waals surface area contributed by atoms with Gasteiger partial charge in [0.25, 0.3) is 0 Å². The molecule has 0 saturated heterocycles. The van der Waals surface area contributed by atoms with Crippen molar-refractivity contribution in [2.75, 3.05) is 13.1 Å². The normalized spacial score (nSPS) is 14.7. The van der Waals surface area contributed by atoms with Gasteiger partial charge in [0.2, 0.25) is 0 Å². The molecule has 1 aliphatic rings. The van der Waals surface area contributed by atoms with Crippen LogP contribution in [0.3, 0.4) is 0 Å². The van der Waals surface area contributed by atoms with Crippen LogP contribution < -0.4 is 0 Å². The van der Waals surface area contributed by atoms with Gasteiger partial charge in [-0.05, 0) is 66.8 Å². The molecule has 0 fully saturated rings. The molecule has 0 N–H and O–H groups in total. The minimum atomic E-state index is 1.03. The van der Waals surface area contributed by atoms with Crippen LogP contribution in [0.5, 0.6) is 0 Å². The highest BCUT2D eigenvalue weighted by Gasteiger charge is 2.23. The molecule has 156 valence electrons. The highest BCUT2D eigenvalue weighted by atomic mass is 15.1. The summed E-state index contributed by atoms with van der Waals surface area (Å²) in [6.45, 7) is 7.62. The Labute approximate surface area is 184 Å². The van der Waals surface area contributed by atoms with E-state index in [0.29, 0.717) is 0 Å². The molecule has 0 atom stereocenters. The maximum atomic E-state index is 4.16. The maximum Gasteiger partial charge on any atom is 0.0529 e. The Morgan fingerprint density at radius 1 is 1.03 bits per heavy atom. The van der Waals surface area contributed by atoms with Gasteiger partial charge in [0.15, 0.2) is 0 Å². The topological polar surface area (TPSA) is 21.1 Å². The second-order valence-electron chi connectivity index (χ2n) is 8.63. The lowest BCUT2D eigenvalue weighted by molar-refractivity contribution is 0.257. The molecule has 0 bridgehead atoms. The summed E-state index contributed by atoms with van der Waals surface area (Å²) in [4.78, 5) is 6.77. The zero-order valence-corrected chi connectivity index (χ0v) is 18.4. The molecule has 4 aromatic rings. The van der Waals surface area contributed by atoms with Crippen molar-refractivity contribution < 1.29 is 0 Å². The maximum absolute atomic E-state index is 4.16. The van der Waals surface area contributed by atoms with Crippen LogP contribution in [0, 0.1) is 6.92 Å². The Hall–Kier alpha value is -3.17. The molecule has 5 rings (SSSR count). The average Bonchev–Trinajstić information content (AvgIpc) is 3.11. The summed E-state index contributed by atoms with van der Waals surface area (Å²) in [5.41, 5.74) is 9.49. The average molecular weight is 408 g/mol. The molecule has 2 aromatic heterocycles. The minimum Gasteiger partial charge on any atom is -0.320 e. The predicted molar refractivity (Wildman–Crippen MR) is 130 cm³/mol. The van der Waals surface area contributed by atoms with Crippen LogP contribution in [-0.2, 0) is 19.4 Å². The lowest BCUT2D eigenvalue weighted by Gasteiger charge is -2.28. The zero-order chi connectivity index (χ0) is 21.2. The molecule has 0 saturated carbocycles. The van der Waals surface area contributed by atoms with Gasteiger partial charge in [-0.2, -0.15) is 0 Å². The van der Waals surface area contributed by atoms with Crippen molar-refractivity contribution >= 4 is 22.7 Å². The van der Waals surface area contributed by atoms with Crippen molar-refractivity contribution in [2.45, 2.75) is 33.2 Å². The van der Waals surface area contributed by atoms with Gasteiger partial charge in [0.1, 0.15) is 0 Å². The summed E-state index contributed by atoms with van der Waals surface area (Å²) >= 11 is 0. The summed E-state index contributed by atoms with van der Waals surface area (Å²) < 4.78 is 2.44. The van der Waals surface area contributed by atoms with Crippen LogP contribution in [-0.4, -0.2) is 27.5 Å². The predicted octanol–water partition coefficient (Wildman–Crippen LogP) is 5.96. The highest BCUT2D eigenvalue weighted by molar-refractivity contribution is 5.90. The van der Waals surface area contributed by atoms with E-state index >= 15 is 0 Å². The fourth-order valence-electron chi connectivity index (χ4n) is 4.72. The van der Waals surface area contributed by atoms with Crippen LogP contribution >= 0.6 is 0 Å². The van der Waals surface area contributed by atoms with Gasteiger partial charge in [0.05, 0.1) is 5.52 Å². The van der Waals surface area contributed by atoms with Crippen molar-refractivity contribution in [1.82, 2.24) is 14.5 Å². The largest absolute Gasteiger partial charge is 0.320 e. The lowest BCUT2D eigenvalue weighted by Crippen LogP contribution is -2.32. The third-order valence-corrected chi connectivity index (χ3v) is 6.44. The fourth-order valence-corrected chi connectivity index (χ4v) is 4.72. The molecule has 31 heavy (non-hydrogen) atoms. The van der Waals surface area contributed by atoms with Crippen molar-refractivity contribution in [3.8, 4) is 0 Å². The van der Waals surface area contributed by atoms with E-state index in [-0.39, 0.29) is 0 Å². The first-order chi connectivity index (χ1) is 15.2. The van der Waals surface area contributed by atoms with E-state index in [9.17, 15) is 0 Å². The number of benzene rings is 2. The van der Waals surface area contributed by atoms with E-state index in [2.05, 4.69) is 95.2 Å². The van der Waals surface area contributed by atoms with Gasteiger partial charge < -0.3 is 4.57 Å². The van der Waals surface area contributed by atoms with Gasteiger partial charge in [-0.15, -0.1) is 0 Å². The standard InChI is InChI=1S/C28H29N3/c1-21-8-9-27-25(18-21)26-20-30(16-12-23-6-4-3-5-7-23)17-13-28(26)31(27)19-22(2)24-10-14-29-15-11-24/h3-11,14-15,18-19H,12-13,16-17,20H2,1-2H3/b22-19+. The molecule has 3 nitrogen and oxygen atoms in total. The van der Waals surface area contributed by atoms with Crippen LogP contribution in [0.2, 0.25) is 0 Å². The van der Waals surface area contributed by atoms with Crippen LogP contribution in [0.15, 0.2) is 73.1 Å². The smallest absolute Gasteiger partial charge is 0.0529 e. The Kier molecular flexibility index (Phi) is 5.44. The summed E-state index contributed by atoms with van der Waals surface area (Å²) in [7, 11) is 0. The molecular weight excluding hydrogens is 378 g/mol. The molecule has 0 unspecified atom stereocenters. The van der Waals surface area contributed by atoms with Crippen LogP contribution in [0.4, 0.5) is 0 Å². The first-order valence-electron chi connectivity index (χ1n) is 11.2. The van der Waals surface area contributed by atoms with Crippen molar-refractivity contribution in [3.63, 3.8) is 0 Å². The molecule has 1 aliphatic heterocycles. The number of hydrogen-bond donors (Lipinski definition) is 0. The number of hydrogen-bond acceptors (Lipinski definition) is 2. The Bertz CT molecular complexity index is 1220. The summed E-state index contributed by atoms with van der Waals surface area (Å²) in [6.07, 6.45) is 8.23. The van der Waals surface area contributed by atoms with Gasteiger partial charge in [0, 0.05) is 55.7 Å². The third-order valence-electron chi connectivity index (χ3n) is 6.44. The summed E-state index contributed by atoms with van der Waals surface area (Å²) in [5, 5.41) is 1.40. The first kappa shape index (κ1) is 19.8.